The summed E-state index contributed by atoms with van der Waals surface area (Å²) in [7, 11) is 2.07. The van der Waals surface area contributed by atoms with Gasteiger partial charge in [0.1, 0.15) is 0 Å². The number of nitrogens with zero attached hydrogens (tertiary/aromatic N) is 4. The second-order valence-electron chi connectivity index (χ2n) is 9.94. The van der Waals surface area contributed by atoms with E-state index in [9.17, 15) is 14.4 Å². The van der Waals surface area contributed by atoms with E-state index in [1.54, 1.807) is 17.5 Å². The van der Waals surface area contributed by atoms with Gasteiger partial charge in [-0.2, -0.15) is 0 Å². The Morgan fingerprint density at radius 1 is 1.14 bits per heavy atom. The van der Waals surface area contributed by atoms with Crippen LogP contribution in [0.1, 0.15) is 36.3 Å². The molecule has 3 aliphatic rings. The molecule has 4 amide bonds. The molecule has 186 valence electrons. The van der Waals surface area contributed by atoms with Gasteiger partial charge < -0.3 is 15.1 Å². The van der Waals surface area contributed by atoms with E-state index in [2.05, 4.69) is 22.2 Å². The standard InChI is InChI=1S/C26H33N5O3S/c1-29-13-4-6-19(18-29)23(32)30-14-9-20(10-15-30)26(22-8-2-3-12-27-22)24(33)31(25(34)28-26)16-11-21-7-5-17-35-21/h2-3,5,7-8,12,17,19-20H,4,6,9-11,13-16,18H2,1H3,(H,28,34)/t19-,26-/m0/s1. The van der Waals surface area contributed by atoms with Crippen LogP contribution in [0.15, 0.2) is 41.9 Å². The van der Waals surface area contributed by atoms with E-state index in [4.69, 9.17) is 0 Å². The van der Waals surface area contributed by atoms with Crippen LogP contribution < -0.4 is 5.32 Å². The molecule has 0 spiro atoms. The number of hydrogen-bond acceptors (Lipinski definition) is 6. The molecule has 5 rings (SSSR count). The van der Waals surface area contributed by atoms with Crippen LogP contribution in [-0.4, -0.2) is 77.3 Å². The largest absolute Gasteiger partial charge is 0.342 e. The average molecular weight is 496 g/mol. The molecule has 5 heterocycles. The Bertz CT molecular complexity index is 1050. The molecule has 0 radical (unpaired) electrons. The lowest BCUT2D eigenvalue weighted by atomic mass is 9.75. The third kappa shape index (κ3) is 4.59. The number of hydrogen-bond donors (Lipinski definition) is 1. The lowest BCUT2D eigenvalue weighted by Crippen LogP contribution is -2.55. The van der Waals surface area contributed by atoms with Crippen LogP contribution in [0, 0.1) is 11.8 Å². The Morgan fingerprint density at radius 2 is 1.97 bits per heavy atom. The van der Waals surface area contributed by atoms with Crippen molar-refractivity contribution in [3.05, 3.63) is 52.5 Å². The minimum absolute atomic E-state index is 0.0515. The van der Waals surface area contributed by atoms with Gasteiger partial charge in [-0.3, -0.25) is 19.5 Å². The highest BCUT2D eigenvalue weighted by Gasteiger charge is 2.58. The van der Waals surface area contributed by atoms with Crippen molar-refractivity contribution in [3.8, 4) is 0 Å². The van der Waals surface area contributed by atoms with Crippen LogP contribution in [0.5, 0.6) is 0 Å². The van der Waals surface area contributed by atoms with Gasteiger partial charge in [-0.25, -0.2) is 4.79 Å². The molecule has 35 heavy (non-hydrogen) atoms. The van der Waals surface area contributed by atoms with E-state index in [0.29, 0.717) is 44.6 Å². The molecule has 9 heteroatoms. The fourth-order valence-corrected chi connectivity index (χ4v) is 6.59. The number of thiophene rings is 1. The van der Waals surface area contributed by atoms with Gasteiger partial charge in [0.05, 0.1) is 11.6 Å². The molecule has 2 aromatic heterocycles. The van der Waals surface area contributed by atoms with Crippen molar-refractivity contribution in [1.29, 1.82) is 0 Å². The molecular weight excluding hydrogens is 462 g/mol. The van der Waals surface area contributed by atoms with Crippen LogP contribution in [0.3, 0.4) is 0 Å². The number of urea groups is 1. The monoisotopic (exact) mass is 495 g/mol. The molecule has 0 bridgehead atoms. The van der Waals surface area contributed by atoms with Gasteiger partial charge in [-0.05, 0) is 69.3 Å². The molecule has 8 nitrogen and oxygen atoms in total. The number of pyridine rings is 1. The molecule has 1 N–H and O–H groups in total. The molecule has 2 aromatic rings. The Labute approximate surface area is 210 Å². The number of carbonyl (C=O) groups is 3. The Hall–Kier alpha value is -2.78. The first-order valence-electron chi connectivity index (χ1n) is 12.5. The lowest BCUT2D eigenvalue weighted by molar-refractivity contribution is -0.140. The molecule has 2 atom stereocenters. The number of likely N-dealkylation sites (tertiary alicyclic amines) is 2. The molecule has 3 saturated heterocycles. The molecule has 0 saturated carbocycles. The van der Waals surface area contributed by atoms with Crippen LogP contribution >= 0.6 is 11.3 Å². The first kappa shape index (κ1) is 23.9. The van der Waals surface area contributed by atoms with Crippen molar-refractivity contribution in [2.45, 2.75) is 37.6 Å². The number of imide groups is 1. The van der Waals surface area contributed by atoms with Crippen LogP contribution in [0.4, 0.5) is 4.79 Å². The maximum Gasteiger partial charge on any atom is 0.325 e. The molecule has 3 aliphatic heterocycles. The minimum Gasteiger partial charge on any atom is -0.342 e. The van der Waals surface area contributed by atoms with Gasteiger partial charge >= 0.3 is 6.03 Å². The highest BCUT2D eigenvalue weighted by molar-refractivity contribution is 7.09. The van der Waals surface area contributed by atoms with Crippen molar-refractivity contribution in [2.75, 3.05) is 39.8 Å². The normalized spacial score (nSPS) is 26.3. The SMILES string of the molecule is CN1CCC[C@H](C(=O)N2CCC([C@@]3(c4ccccn4)NC(=O)N(CCc4cccs4)C3=O)CC2)C1. The molecule has 0 aliphatic carbocycles. The van der Waals surface area contributed by atoms with Crippen molar-refractivity contribution in [3.63, 3.8) is 0 Å². The van der Waals surface area contributed by atoms with E-state index in [-0.39, 0.29) is 29.7 Å². The first-order valence-corrected chi connectivity index (χ1v) is 13.4. The van der Waals surface area contributed by atoms with Crippen molar-refractivity contribution in [1.82, 2.24) is 25.0 Å². The summed E-state index contributed by atoms with van der Waals surface area (Å²) in [5, 5.41) is 5.06. The fourth-order valence-electron chi connectivity index (χ4n) is 5.89. The summed E-state index contributed by atoms with van der Waals surface area (Å²) in [6, 6.07) is 9.14. The van der Waals surface area contributed by atoms with Crippen LogP contribution in [-0.2, 0) is 21.5 Å². The third-order valence-electron chi connectivity index (χ3n) is 7.76. The van der Waals surface area contributed by atoms with Gasteiger partial charge in [0.25, 0.3) is 5.91 Å². The number of rotatable bonds is 6. The minimum atomic E-state index is -1.19. The Morgan fingerprint density at radius 3 is 2.66 bits per heavy atom. The molecule has 3 fully saturated rings. The summed E-state index contributed by atoms with van der Waals surface area (Å²) in [5.41, 5.74) is -0.607. The quantitative estimate of drug-likeness (QED) is 0.623. The van der Waals surface area contributed by atoms with E-state index < -0.39 is 5.54 Å². The second kappa shape index (κ2) is 10.1. The highest BCUT2D eigenvalue weighted by Crippen LogP contribution is 2.41. The summed E-state index contributed by atoms with van der Waals surface area (Å²) in [6.45, 7) is 3.38. The molecule has 0 aromatic carbocycles. The number of aromatic nitrogens is 1. The van der Waals surface area contributed by atoms with Gasteiger partial charge in [-0.1, -0.05) is 12.1 Å². The summed E-state index contributed by atoms with van der Waals surface area (Å²) in [6.07, 6.45) is 5.59. The summed E-state index contributed by atoms with van der Waals surface area (Å²) < 4.78 is 0. The van der Waals surface area contributed by atoms with Gasteiger partial charge in [0.2, 0.25) is 5.91 Å². The van der Waals surface area contributed by atoms with Crippen LogP contribution in [0.25, 0.3) is 0 Å². The number of nitrogens with one attached hydrogen (secondary N) is 1. The van der Waals surface area contributed by atoms with E-state index in [1.807, 2.05) is 40.6 Å². The zero-order valence-electron chi connectivity index (χ0n) is 20.2. The van der Waals surface area contributed by atoms with E-state index in [1.165, 1.54) is 4.90 Å². The van der Waals surface area contributed by atoms with E-state index in [0.717, 1.165) is 30.8 Å². The Kier molecular flexibility index (Phi) is 6.88. The van der Waals surface area contributed by atoms with Crippen molar-refractivity contribution >= 4 is 29.2 Å². The van der Waals surface area contributed by atoms with Gasteiger partial charge in [-0.15, -0.1) is 11.3 Å². The lowest BCUT2D eigenvalue weighted by Gasteiger charge is -2.42. The maximum atomic E-state index is 13.9. The summed E-state index contributed by atoms with van der Waals surface area (Å²) >= 11 is 1.63. The molecular formula is C26H33N5O3S. The molecule has 0 unspecified atom stereocenters. The predicted octanol–water partition coefficient (Wildman–Crippen LogP) is 2.71. The number of amides is 4. The average Bonchev–Trinajstić information content (AvgIpc) is 3.49. The summed E-state index contributed by atoms with van der Waals surface area (Å²) in [5.74, 6) is -0.0769. The predicted molar refractivity (Wildman–Crippen MR) is 134 cm³/mol. The highest BCUT2D eigenvalue weighted by atomic mass is 32.1. The third-order valence-corrected chi connectivity index (χ3v) is 8.69. The number of piperidine rings is 2. The van der Waals surface area contributed by atoms with E-state index >= 15 is 0 Å². The van der Waals surface area contributed by atoms with Crippen molar-refractivity contribution in [2.24, 2.45) is 11.8 Å². The first-order chi connectivity index (χ1) is 17.0. The second-order valence-corrected chi connectivity index (χ2v) is 11.0. The number of carbonyl (C=O) groups excluding carboxylic acids is 3. The van der Waals surface area contributed by atoms with Crippen molar-refractivity contribution < 1.29 is 14.4 Å². The maximum absolute atomic E-state index is 13.9. The van der Waals surface area contributed by atoms with Crippen LogP contribution in [0.2, 0.25) is 0 Å². The Balaban J connectivity index is 1.33. The smallest absolute Gasteiger partial charge is 0.325 e. The van der Waals surface area contributed by atoms with Gasteiger partial charge in [0.15, 0.2) is 5.54 Å². The fraction of sp³-hybridized carbons (Fsp3) is 0.538. The van der Waals surface area contributed by atoms with Gasteiger partial charge in [0, 0.05) is 43.2 Å². The zero-order chi connectivity index (χ0) is 24.4. The summed E-state index contributed by atoms with van der Waals surface area (Å²) in [4.78, 5) is 51.4. The zero-order valence-corrected chi connectivity index (χ0v) is 21.0. The topological polar surface area (TPSA) is 85.8 Å².